The van der Waals surface area contributed by atoms with E-state index in [0.717, 1.165) is 9.24 Å². The van der Waals surface area contributed by atoms with Gasteiger partial charge < -0.3 is 10.7 Å². The van der Waals surface area contributed by atoms with Crippen LogP contribution in [0.4, 0.5) is 5.95 Å². The largest absolute Gasteiger partial charge is 0.355 e. The van der Waals surface area contributed by atoms with Crippen molar-refractivity contribution in [3.8, 4) is 0 Å². The predicted octanol–water partition coefficient (Wildman–Crippen LogP) is 0.795. The molecular formula is C13H21Cl2N5O2. The van der Waals surface area contributed by atoms with E-state index in [9.17, 15) is 9.59 Å². The molecule has 0 aliphatic heterocycles. The summed E-state index contributed by atoms with van der Waals surface area (Å²) in [5.41, 5.74) is -1.63. The van der Waals surface area contributed by atoms with Gasteiger partial charge in [-0.1, -0.05) is 13.8 Å². The number of aromatic nitrogens is 3. The van der Waals surface area contributed by atoms with Gasteiger partial charge in [0.15, 0.2) is 0 Å². The third kappa shape index (κ3) is 2.40. The minimum Gasteiger partial charge on any atom is -0.341 e. The van der Waals surface area contributed by atoms with Gasteiger partial charge in [-0.15, -0.1) is 23.2 Å². The number of anilines is 1. The molecule has 0 saturated heterocycles. The highest BCUT2D eigenvalue weighted by molar-refractivity contribution is 6.51. The summed E-state index contributed by atoms with van der Waals surface area (Å²) in [6.07, 6.45) is 0. The van der Waals surface area contributed by atoms with Crippen LogP contribution in [-0.2, 0) is 6.54 Å². The zero-order valence-corrected chi connectivity index (χ0v) is 14.6. The third-order valence-electron chi connectivity index (χ3n) is 4.57. The fourth-order valence-corrected chi connectivity index (χ4v) is 3.50. The maximum absolute atomic E-state index is 12.4. The topological polar surface area (TPSA) is 86.2 Å². The lowest BCUT2D eigenvalue weighted by Gasteiger charge is -2.21. The van der Waals surface area contributed by atoms with Gasteiger partial charge in [-0.05, 0) is 13.8 Å². The number of nitrogen functional groups attached to an aromatic ring is 1. The molecule has 0 spiro atoms. The summed E-state index contributed by atoms with van der Waals surface area (Å²) in [7, 11) is 0. The molecule has 0 radical (unpaired) electrons. The van der Waals surface area contributed by atoms with Gasteiger partial charge in [-0.25, -0.2) is 14.2 Å². The van der Waals surface area contributed by atoms with E-state index in [1.165, 1.54) is 0 Å². The van der Waals surface area contributed by atoms with Crippen LogP contribution in [0.25, 0.3) is 0 Å². The van der Waals surface area contributed by atoms with Crippen LogP contribution >= 0.6 is 23.2 Å². The highest BCUT2D eigenvalue weighted by Gasteiger charge is 2.70. The van der Waals surface area contributed by atoms with Crippen LogP contribution in [0.15, 0.2) is 9.59 Å². The van der Waals surface area contributed by atoms with Gasteiger partial charge in [0.1, 0.15) is 4.33 Å². The first-order valence-electron chi connectivity index (χ1n) is 7.21. The molecule has 0 aromatic carbocycles. The summed E-state index contributed by atoms with van der Waals surface area (Å²) in [4.78, 5) is 30.3. The van der Waals surface area contributed by atoms with Crippen LogP contribution in [0.3, 0.4) is 0 Å². The Morgan fingerprint density at radius 2 is 1.77 bits per heavy atom. The Bertz CT molecular complexity index is 677. The van der Waals surface area contributed by atoms with Gasteiger partial charge in [0, 0.05) is 31.0 Å². The van der Waals surface area contributed by atoms with E-state index in [0.29, 0.717) is 13.1 Å². The highest BCUT2D eigenvalue weighted by Crippen LogP contribution is 2.69. The summed E-state index contributed by atoms with van der Waals surface area (Å²) in [6, 6.07) is 0. The second-order valence-corrected chi connectivity index (χ2v) is 7.41. The molecule has 1 aliphatic rings. The molecule has 1 aromatic heterocycles. The maximum atomic E-state index is 12.4. The molecule has 1 unspecified atom stereocenters. The Balaban J connectivity index is 2.43. The third-order valence-corrected chi connectivity index (χ3v) is 6.08. The fourth-order valence-electron chi connectivity index (χ4n) is 2.67. The molecule has 2 N–H and O–H groups in total. The van der Waals surface area contributed by atoms with E-state index in [2.05, 4.69) is 4.98 Å². The average molecular weight is 350 g/mol. The molecular weight excluding hydrogens is 329 g/mol. The highest BCUT2D eigenvalue weighted by atomic mass is 35.5. The van der Waals surface area contributed by atoms with Crippen molar-refractivity contribution in [1.29, 1.82) is 0 Å². The second-order valence-electron chi connectivity index (χ2n) is 6.03. The normalized spacial score (nSPS) is 21.6. The minimum absolute atomic E-state index is 0.0976. The van der Waals surface area contributed by atoms with Gasteiger partial charge in [0.05, 0.1) is 0 Å². The SMILES string of the molecule is CCN(CC)c1nc(=O)n(CC2C(C)(C)C2(Cl)Cl)c(=O)n1N. The zero-order valence-electron chi connectivity index (χ0n) is 13.1. The Kier molecular flexibility index (Phi) is 4.25. The Hall–Kier alpha value is -1.21. The van der Waals surface area contributed by atoms with Gasteiger partial charge >= 0.3 is 11.4 Å². The molecule has 1 atom stereocenters. The molecule has 0 bridgehead atoms. The summed E-state index contributed by atoms with van der Waals surface area (Å²) in [5.74, 6) is 5.76. The first-order chi connectivity index (χ1) is 10.1. The van der Waals surface area contributed by atoms with Gasteiger partial charge in [-0.3, -0.25) is 0 Å². The molecule has 9 heteroatoms. The molecule has 0 amide bonds. The lowest BCUT2D eigenvalue weighted by molar-refractivity contribution is 0.463. The summed E-state index contributed by atoms with van der Waals surface area (Å²) < 4.78 is 0.926. The Morgan fingerprint density at radius 3 is 2.18 bits per heavy atom. The van der Waals surface area contributed by atoms with Crippen molar-refractivity contribution in [2.24, 2.45) is 11.3 Å². The molecule has 1 heterocycles. The average Bonchev–Trinajstić information content (AvgIpc) is 2.83. The van der Waals surface area contributed by atoms with Crippen molar-refractivity contribution >= 4 is 29.2 Å². The van der Waals surface area contributed by atoms with Crippen LogP contribution in [0.1, 0.15) is 27.7 Å². The number of hydrogen-bond acceptors (Lipinski definition) is 5. The first kappa shape index (κ1) is 17.1. The smallest absolute Gasteiger partial charge is 0.341 e. The maximum Gasteiger partial charge on any atom is 0.355 e. The van der Waals surface area contributed by atoms with Gasteiger partial charge in [-0.2, -0.15) is 9.66 Å². The molecule has 124 valence electrons. The van der Waals surface area contributed by atoms with E-state index in [-0.39, 0.29) is 23.8 Å². The van der Waals surface area contributed by atoms with Crippen LogP contribution in [0.2, 0.25) is 0 Å². The molecule has 1 fully saturated rings. The zero-order chi connectivity index (χ0) is 16.9. The quantitative estimate of drug-likeness (QED) is 0.627. The van der Waals surface area contributed by atoms with Crippen molar-refractivity contribution < 1.29 is 0 Å². The lowest BCUT2D eigenvalue weighted by Crippen LogP contribution is -2.48. The standard InChI is InChI=1S/C13H21Cl2N5O2/c1-5-18(6-2)9-17-10(21)19(11(22)20(9)16)7-8-12(3,4)13(8,14)15/h8H,5-7,16H2,1-4H3. The molecule has 2 rings (SSSR count). The summed E-state index contributed by atoms with van der Waals surface area (Å²) in [5, 5.41) is 0. The van der Waals surface area contributed by atoms with Crippen molar-refractivity contribution in [3.05, 3.63) is 21.0 Å². The Morgan fingerprint density at radius 1 is 1.27 bits per heavy atom. The van der Waals surface area contributed by atoms with Gasteiger partial charge in [0.2, 0.25) is 5.95 Å². The van der Waals surface area contributed by atoms with Crippen molar-refractivity contribution in [1.82, 2.24) is 14.2 Å². The van der Waals surface area contributed by atoms with E-state index >= 15 is 0 Å². The molecule has 22 heavy (non-hydrogen) atoms. The monoisotopic (exact) mass is 349 g/mol. The predicted molar refractivity (Wildman–Crippen MR) is 88.2 cm³/mol. The molecule has 1 aromatic rings. The van der Waals surface area contributed by atoms with E-state index in [1.54, 1.807) is 4.90 Å². The van der Waals surface area contributed by atoms with Crippen molar-refractivity contribution in [3.63, 3.8) is 0 Å². The van der Waals surface area contributed by atoms with E-state index in [1.807, 2.05) is 27.7 Å². The number of hydrogen-bond donors (Lipinski definition) is 1. The van der Waals surface area contributed by atoms with Crippen LogP contribution in [-0.4, -0.2) is 31.7 Å². The second kappa shape index (κ2) is 5.45. The van der Waals surface area contributed by atoms with Crippen LogP contribution < -0.4 is 22.1 Å². The van der Waals surface area contributed by atoms with Crippen LogP contribution in [0.5, 0.6) is 0 Å². The Labute approximate surface area is 138 Å². The van der Waals surface area contributed by atoms with E-state index < -0.39 is 15.7 Å². The minimum atomic E-state index is -0.962. The number of alkyl halides is 2. The van der Waals surface area contributed by atoms with Crippen LogP contribution in [0, 0.1) is 11.3 Å². The molecule has 7 nitrogen and oxygen atoms in total. The van der Waals surface area contributed by atoms with Gasteiger partial charge in [0.25, 0.3) is 0 Å². The number of rotatable bonds is 5. The van der Waals surface area contributed by atoms with Crippen molar-refractivity contribution in [2.45, 2.75) is 38.6 Å². The lowest BCUT2D eigenvalue weighted by atomic mass is 10.1. The molecule has 1 saturated carbocycles. The summed E-state index contributed by atoms with van der Waals surface area (Å²) in [6.45, 7) is 8.84. The number of halogens is 2. The fraction of sp³-hybridized carbons (Fsp3) is 0.769. The number of nitrogens with zero attached hydrogens (tertiary/aromatic N) is 4. The first-order valence-corrected chi connectivity index (χ1v) is 7.96. The van der Waals surface area contributed by atoms with Crippen molar-refractivity contribution in [2.75, 3.05) is 23.8 Å². The molecule has 1 aliphatic carbocycles. The number of nitrogens with two attached hydrogens (primary N) is 1. The van der Waals surface area contributed by atoms with E-state index in [4.69, 9.17) is 29.0 Å². The summed E-state index contributed by atoms with van der Waals surface area (Å²) >= 11 is 12.4.